The minimum atomic E-state index is -0.640. The summed E-state index contributed by atoms with van der Waals surface area (Å²) in [5.41, 5.74) is -1.05. The van der Waals surface area contributed by atoms with Gasteiger partial charge in [-0.1, -0.05) is 24.3 Å². The third-order valence-electron chi connectivity index (χ3n) is 2.83. The minimum Gasteiger partial charge on any atom is -0.504 e. The first-order chi connectivity index (χ1) is 8.68. The lowest BCUT2D eigenvalue weighted by Crippen LogP contribution is -2.00. The topological polar surface area (TPSA) is 67.5 Å². The molecule has 18 heavy (non-hydrogen) atoms. The van der Waals surface area contributed by atoms with E-state index in [1.807, 2.05) is 0 Å². The van der Waals surface area contributed by atoms with Gasteiger partial charge in [0, 0.05) is 5.39 Å². The molecule has 1 heterocycles. The SMILES string of the molecule is O=c1oc2c(O)cccc2c(=O)c2ccccc12. The van der Waals surface area contributed by atoms with Gasteiger partial charge in [0.1, 0.15) is 0 Å². The van der Waals surface area contributed by atoms with Crippen LogP contribution in [0.3, 0.4) is 0 Å². The molecular weight excluding hydrogens is 232 g/mol. The molecule has 0 fully saturated rings. The van der Waals surface area contributed by atoms with Gasteiger partial charge in [0.2, 0.25) is 0 Å². The van der Waals surface area contributed by atoms with Crippen molar-refractivity contribution >= 4 is 21.7 Å². The molecule has 0 atom stereocenters. The summed E-state index contributed by atoms with van der Waals surface area (Å²) in [4.78, 5) is 24.2. The average molecular weight is 240 g/mol. The van der Waals surface area contributed by atoms with E-state index in [1.54, 1.807) is 18.2 Å². The van der Waals surface area contributed by atoms with E-state index in [9.17, 15) is 14.7 Å². The van der Waals surface area contributed by atoms with Crippen molar-refractivity contribution in [2.45, 2.75) is 0 Å². The lowest BCUT2D eigenvalue weighted by molar-refractivity contribution is 0.459. The molecule has 0 aliphatic carbocycles. The smallest absolute Gasteiger partial charge is 0.344 e. The Bertz CT molecular complexity index is 878. The molecule has 1 N–H and O–H groups in total. The van der Waals surface area contributed by atoms with Crippen LogP contribution in [0.1, 0.15) is 0 Å². The predicted molar refractivity (Wildman–Crippen MR) is 67.9 cm³/mol. The number of rotatable bonds is 0. The number of phenols is 1. The van der Waals surface area contributed by atoms with Crippen LogP contribution in [0.4, 0.5) is 0 Å². The third kappa shape index (κ3) is 1.39. The van der Waals surface area contributed by atoms with Gasteiger partial charge in [-0.25, -0.2) is 4.79 Å². The standard InChI is InChI=1S/C14H8O4/c15-11-7-3-6-10-12(16)8-4-1-2-5-9(8)14(17)18-13(10)11/h1-7,15H. The Morgan fingerprint density at radius 1 is 0.833 bits per heavy atom. The second-order valence-electron chi connectivity index (χ2n) is 3.92. The lowest BCUT2D eigenvalue weighted by atomic mass is 10.1. The quantitative estimate of drug-likeness (QED) is 0.652. The van der Waals surface area contributed by atoms with Crippen molar-refractivity contribution in [3.8, 4) is 5.75 Å². The molecule has 2 aromatic carbocycles. The van der Waals surface area contributed by atoms with E-state index in [1.165, 1.54) is 24.3 Å². The molecule has 0 saturated heterocycles. The number of aromatic hydroxyl groups is 1. The average Bonchev–Trinajstić information content (AvgIpc) is 2.49. The van der Waals surface area contributed by atoms with Crippen LogP contribution in [0, 0.1) is 0 Å². The summed E-state index contributed by atoms with van der Waals surface area (Å²) < 4.78 is 5.07. The highest BCUT2D eigenvalue weighted by molar-refractivity contribution is 5.91. The summed E-state index contributed by atoms with van der Waals surface area (Å²) >= 11 is 0. The van der Waals surface area contributed by atoms with E-state index in [-0.39, 0.29) is 32.9 Å². The van der Waals surface area contributed by atoms with Gasteiger partial charge in [-0.2, -0.15) is 0 Å². The van der Waals surface area contributed by atoms with Gasteiger partial charge in [-0.3, -0.25) is 4.79 Å². The third-order valence-corrected chi connectivity index (χ3v) is 2.83. The van der Waals surface area contributed by atoms with Crippen molar-refractivity contribution in [1.29, 1.82) is 0 Å². The summed E-state index contributed by atoms with van der Waals surface area (Å²) in [7, 11) is 0. The van der Waals surface area contributed by atoms with Crippen molar-refractivity contribution in [2.24, 2.45) is 0 Å². The normalized spacial score (nSPS) is 10.9. The second kappa shape index (κ2) is 3.70. The van der Waals surface area contributed by atoms with E-state index in [0.29, 0.717) is 0 Å². The molecule has 3 rings (SSSR count). The van der Waals surface area contributed by atoms with Crippen LogP contribution >= 0.6 is 0 Å². The Hall–Kier alpha value is -2.62. The lowest BCUT2D eigenvalue weighted by Gasteiger charge is -1.92. The monoisotopic (exact) mass is 240 g/mol. The molecule has 0 radical (unpaired) electrons. The molecule has 0 amide bonds. The zero-order valence-electron chi connectivity index (χ0n) is 9.21. The van der Waals surface area contributed by atoms with Gasteiger partial charge in [0.15, 0.2) is 16.8 Å². The molecule has 4 nitrogen and oxygen atoms in total. The summed E-state index contributed by atoms with van der Waals surface area (Å²) in [6.07, 6.45) is 0. The zero-order chi connectivity index (χ0) is 12.7. The summed E-state index contributed by atoms with van der Waals surface area (Å²) in [5.74, 6) is -0.220. The van der Waals surface area contributed by atoms with Crippen molar-refractivity contribution in [3.63, 3.8) is 0 Å². The highest BCUT2D eigenvalue weighted by Gasteiger charge is 2.09. The van der Waals surface area contributed by atoms with Gasteiger partial charge in [0.05, 0.1) is 10.8 Å². The number of para-hydroxylation sites is 1. The Kier molecular flexibility index (Phi) is 2.16. The molecule has 0 bridgehead atoms. The second-order valence-corrected chi connectivity index (χ2v) is 3.92. The van der Waals surface area contributed by atoms with Gasteiger partial charge < -0.3 is 9.52 Å². The van der Waals surface area contributed by atoms with Crippen LogP contribution in [0.5, 0.6) is 5.75 Å². The van der Waals surface area contributed by atoms with Crippen LogP contribution in [0.15, 0.2) is 56.5 Å². The first-order valence-corrected chi connectivity index (χ1v) is 5.36. The van der Waals surface area contributed by atoms with E-state index in [4.69, 9.17) is 4.42 Å². The molecule has 3 aromatic rings. The van der Waals surface area contributed by atoms with E-state index < -0.39 is 5.63 Å². The highest BCUT2D eigenvalue weighted by Crippen LogP contribution is 2.21. The fourth-order valence-electron chi connectivity index (χ4n) is 1.96. The van der Waals surface area contributed by atoms with Crippen molar-refractivity contribution in [1.82, 2.24) is 0 Å². The first kappa shape index (κ1) is 10.5. The molecule has 0 unspecified atom stereocenters. The number of hydrogen-bond donors (Lipinski definition) is 1. The van der Waals surface area contributed by atoms with Crippen LogP contribution in [0.2, 0.25) is 0 Å². The molecule has 0 spiro atoms. The minimum absolute atomic E-state index is 0.0799. The van der Waals surface area contributed by atoms with Crippen LogP contribution in [0.25, 0.3) is 21.7 Å². The Morgan fingerprint density at radius 2 is 1.50 bits per heavy atom. The molecule has 88 valence electrons. The maximum atomic E-state index is 12.3. The number of fused-ring (bicyclic) bond motifs is 2. The maximum Gasteiger partial charge on any atom is 0.344 e. The zero-order valence-corrected chi connectivity index (χ0v) is 9.21. The van der Waals surface area contributed by atoms with E-state index in [2.05, 4.69) is 0 Å². The summed E-state index contributed by atoms with van der Waals surface area (Å²) in [5, 5.41) is 10.3. The van der Waals surface area contributed by atoms with E-state index in [0.717, 1.165) is 0 Å². The van der Waals surface area contributed by atoms with Gasteiger partial charge in [-0.05, 0) is 18.2 Å². The Balaban J connectivity index is 2.79. The Morgan fingerprint density at radius 3 is 2.28 bits per heavy atom. The van der Waals surface area contributed by atoms with Gasteiger partial charge in [0.25, 0.3) is 0 Å². The number of phenolic OH excluding ortho intramolecular Hbond substituents is 1. The van der Waals surface area contributed by atoms with Crippen LogP contribution in [-0.4, -0.2) is 5.11 Å². The van der Waals surface area contributed by atoms with Crippen molar-refractivity contribution in [3.05, 3.63) is 63.1 Å². The molecule has 0 aliphatic rings. The van der Waals surface area contributed by atoms with Crippen LogP contribution < -0.4 is 11.1 Å². The highest BCUT2D eigenvalue weighted by atomic mass is 16.4. The first-order valence-electron chi connectivity index (χ1n) is 5.36. The summed E-state index contributed by atoms with van der Waals surface area (Å²) in [6, 6.07) is 10.9. The van der Waals surface area contributed by atoms with E-state index >= 15 is 0 Å². The molecule has 0 saturated carbocycles. The fraction of sp³-hybridized carbons (Fsp3) is 0. The Labute approximate surface area is 101 Å². The summed E-state index contributed by atoms with van der Waals surface area (Å²) in [6.45, 7) is 0. The van der Waals surface area contributed by atoms with Gasteiger partial charge >= 0.3 is 5.63 Å². The van der Waals surface area contributed by atoms with Crippen molar-refractivity contribution < 1.29 is 9.52 Å². The van der Waals surface area contributed by atoms with Crippen LogP contribution in [-0.2, 0) is 0 Å². The molecule has 4 heteroatoms. The predicted octanol–water partition coefficient (Wildman–Crippen LogP) is 2.01. The maximum absolute atomic E-state index is 12.3. The van der Waals surface area contributed by atoms with Crippen molar-refractivity contribution in [2.75, 3.05) is 0 Å². The molecule has 0 aliphatic heterocycles. The molecular formula is C14H8O4. The number of hydrogen-bond acceptors (Lipinski definition) is 4. The largest absolute Gasteiger partial charge is 0.504 e. The number of benzene rings is 2. The fourth-order valence-corrected chi connectivity index (χ4v) is 1.96. The van der Waals surface area contributed by atoms with Gasteiger partial charge in [-0.15, -0.1) is 0 Å². The molecule has 1 aromatic heterocycles.